The maximum absolute atomic E-state index is 12.9. The van der Waals surface area contributed by atoms with Crippen molar-refractivity contribution in [3.63, 3.8) is 0 Å². The molecule has 4 nitrogen and oxygen atoms in total. The van der Waals surface area contributed by atoms with Crippen LogP contribution in [0.1, 0.15) is 33.9 Å². The zero-order valence-corrected chi connectivity index (χ0v) is 15.8. The van der Waals surface area contributed by atoms with Crippen LogP contribution in [0.5, 0.6) is 0 Å². The van der Waals surface area contributed by atoms with Gasteiger partial charge in [-0.1, -0.05) is 54.6 Å². The van der Waals surface area contributed by atoms with Gasteiger partial charge >= 0.3 is 6.18 Å². The van der Waals surface area contributed by atoms with E-state index in [2.05, 4.69) is 10.6 Å². The van der Waals surface area contributed by atoms with Gasteiger partial charge < -0.3 is 10.6 Å². The Bertz CT molecular complexity index is 1010. The monoisotopic (exact) mass is 412 g/mol. The first kappa shape index (κ1) is 21.1. The van der Waals surface area contributed by atoms with E-state index < -0.39 is 23.7 Å². The maximum atomic E-state index is 12.9. The molecule has 0 aliphatic heterocycles. The largest absolute Gasteiger partial charge is 0.416 e. The van der Waals surface area contributed by atoms with Crippen molar-refractivity contribution in [3.8, 4) is 0 Å². The third-order valence-corrected chi connectivity index (χ3v) is 4.41. The highest BCUT2D eigenvalue weighted by molar-refractivity contribution is 5.95. The third-order valence-electron chi connectivity index (χ3n) is 4.41. The molecule has 0 spiro atoms. The van der Waals surface area contributed by atoms with E-state index in [0.717, 1.165) is 12.1 Å². The smallest absolute Gasteiger partial charge is 0.345 e. The summed E-state index contributed by atoms with van der Waals surface area (Å²) in [5.74, 6) is -0.868. The van der Waals surface area contributed by atoms with E-state index in [4.69, 9.17) is 0 Å². The van der Waals surface area contributed by atoms with Gasteiger partial charge in [-0.25, -0.2) is 0 Å². The fourth-order valence-corrected chi connectivity index (χ4v) is 2.94. The lowest BCUT2D eigenvalue weighted by atomic mass is 10.0. The molecule has 0 saturated carbocycles. The fraction of sp³-hybridized carbons (Fsp3) is 0.130. The number of anilines is 1. The Balaban J connectivity index is 1.75. The van der Waals surface area contributed by atoms with Crippen molar-refractivity contribution in [1.29, 1.82) is 0 Å². The average Bonchev–Trinajstić information content (AvgIpc) is 2.74. The minimum absolute atomic E-state index is 0.0380. The topological polar surface area (TPSA) is 58.2 Å². The van der Waals surface area contributed by atoms with Crippen molar-refractivity contribution in [1.82, 2.24) is 5.32 Å². The lowest BCUT2D eigenvalue weighted by molar-refractivity contribution is -0.137. The van der Waals surface area contributed by atoms with E-state index in [1.54, 1.807) is 54.6 Å². The van der Waals surface area contributed by atoms with E-state index in [0.29, 0.717) is 11.1 Å². The van der Waals surface area contributed by atoms with Crippen molar-refractivity contribution in [2.24, 2.45) is 0 Å². The molecule has 154 valence electrons. The Morgan fingerprint density at radius 1 is 0.833 bits per heavy atom. The number of carbonyl (C=O) groups excluding carboxylic acids is 2. The average molecular weight is 412 g/mol. The van der Waals surface area contributed by atoms with Gasteiger partial charge in [-0.3, -0.25) is 9.59 Å². The Labute approximate surface area is 171 Å². The molecule has 3 aromatic rings. The number of hydrogen-bond acceptors (Lipinski definition) is 2. The molecule has 30 heavy (non-hydrogen) atoms. The van der Waals surface area contributed by atoms with E-state index in [1.807, 2.05) is 6.07 Å². The van der Waals surface area contributed by atoms with Gasteiger partial charge in [-0.05, 0) is 35.9 Å². The van der Waals surface area contributed by atoms with Gasteiger partial charge in [0.25, 0.3) is 5.91 Å². The van der Waals surface area contributed by atoms with Crippen LogP contribution in [0, 0.1) is 0 Å². The molecular formula is C23H19F3N2O2. The van der Waals surface area contributed by atoms with Gasteiger partial charge in [-0.2, -0.15) is 13.2 Å². The zero-order valence-electron chi connectivity index (χ0n) is 15.8. The SMILES string of the molecule is O=C(C[C@@H](NC(=O)c1ccccc1)c1ccccc1)Nc1cccc(C(F)(F)F)c1. The molecule has 0 fully saturated rings. The van der Waals surface area contributed by atoms with Gasteiger partial charge in [-0.15, -0.1) is 0 Å². The Morgan fingerprint density at radius 3 is 2.10 bits per heavy atom. The van der Waals surface area contributed by atoms with Gasteiger partial charge in [0.1, 0.15) is 0 Å². The number of amides is 2. The molecule has 7 heteroatoms. The summed E-state index contributed by atoms with van der Waals surface area (Å²) >= 11 is 0. The highest BCUT2D eigenvalue weighted by Gasteiger charge is 2.30. The molecule has 1 atom stereocenters. The second-order valence-corrected chi connectivity index (χ2v) is 6.63. The van der Waals surface area contributed by atoms with Gasteiger partial charge in [0.15, 0.2) is 0 Å². The number of nitrogens with one attached hydrogen (secondary N) is 2. The minimum Gasteiger partial charge on any atom is -0.345 e. The van der Waals surface area contributed by atoms with Crippen LogP contribution in [0.25, 0.3) is 0 Å². The molecule has 0 saturated heterocycles. The summed E-state index contributed by atoms with van der Waals surface area (Å²) in [6.07, 6.45) is -4.64. The van der Waals surface area contributed by atoms with Crippen molar-refractivity contribution >= 4 is 17.5 Å². The van der Waals surface area contributed by atoms with Crippen LogP contribution in [-0.4, -0.2) is 11.8 Å². The Morgan fingerprint density at radius 2 is 1.47 bits per heavy atom. The second kappa shape index (κ2) is 9.26. The molecule has 0 aromatic heterocycles. The summed E-state index contributed by atoms with van der Waals surface area (Å²) in [7, 11) is 0. The van der Waals surface area contributed by atoms with Crippen molar-refractivity contribution in [3.05, 3.63) is 102 Å². The predicted octanol–water partition coefficient (Wildman–Crippen LogP) is 5.21. The molecule has 0 radical (unpaired) electrons. The maximum Gasteiger partial charge on any atom is 0.416 e. The first-order valence-electron chi connectivity index (χ1n) is 9.21. The number of hydrogen-bond donors (Lipinski definition) is 2. The molecule has 0 aliphatic carbocycles. The van der Waals surface area contributed by atoms with E-state index in [-0.39, 0.29) is 18.0 Å². The second-order valence-electron chi connectivity index (χ2n) is 6.63. The van der Waals surface area contributed by atoms with Crippen molar-refractivity contribution in [2.75, 3.05) is 5.32 Å². The predicted molar refractivity (Wildman–Crippen MR) is 108 cm³/mol. The highest BCUT2D eigenvalue weighted by Crippen LogP contribution is 2.30. The van der Waals surface area contributed by atoms with E-state index in [9.17, 15) is 22.8 Å². The van der Waals surface area contributed by atoms with Crippen molar-refractivity contribution < 1.29 is 22.8 Å². The molecule has 0 heterocycles. The number of halogens is 3. The first-order chi connectivity index (χ1) is 14.3. The zero-order chi connectivity index (χ0) is 21.6. The Kier molecular flexibility index (Phi) is 6.51. The van der Waals surface area contributed by atoms with Crippen LogP contribution in [0.3, 0.4) is 0 Å². The molecule has 0 bridgehead atoms. The van der Waals surface area contributed by atoms with Crippen LogP contribution in [0.15, 0.2) is 84.9 Å². The lowest BCUT2D eigenvalue weighted by Crippen LogP contribution is -2.31. The molecule has 3 rings (SSSR count). The van der Waals surface area contributed by atoms with Crippen LogP contribution in [0.4, 0.5) is 18.9 Å². The molecule has 2 N–H and O–H groups in total. The standard InChI is InChI=1S/C23H19F3N2O2/c24-23(25,26)18-12-7-13-19(14-18)27-21(29)15-20(16-8-3-1-4-9-16)28-22(30)17-10-5-2-6-11-17/h1-14,20H,15H2,(H,27,29)(H,28,30)/t20-/m1/s1. The van der Waals surface area contributed by atoms with Crippen LogP contribution >= 0.6 is 0 Å². The van der Waals surface area contributed by atoms with Crippen LogP contribution in [-0.2, 0) is 11.0 Å². The molecule has 3 aromatic carbocycles. The van der Waals surface area contributed by atoms with Crippen molar-refractivity contribution in [2.45, 2.75) is 18.6 Å². The summed E-state index contributed by atoms with van der Waals surface area (Å²) in [6.45, 7) is 0. The number of benzene rings is 3. The molecule has 0 unspecified atom stereocenters. The van der Waals surface area contributed by atoms with Crippen LogP contribution < -0.4 is 10.6 Å². The quantitative estimate of drug-likeness (QED) is 0.584. The van der Waals surface area contributed by atoms with E-state index >= 15 is 0 Å². The number of carbonyl (C=O) groups is 2. The number of alkyl halides is 3. The molecule has 0 aliphatic rings. The lowest BCUT2D eigenvalue weighted by Gasteiger charge is -2.19. The summed E-state index contributed by atoms with van der Waals surface area (Å²) in [5, 5.41) is 5.30. The summed E-state index contributed by atoms with van der Waals surface area (Å²) in [4.78, 5) is 25.1. The molecule has 2 amide bonds. The Hall–Kier alpha value is -3.61. The minimum atomic E-state index is -4.50. The molecular weight excluding hydrogens is 393 g/mol. The van der Waals surface area contributed by atoms with Gasteiger partial charge in [0, 0.05) is 11.3 Å². The normalized spacial score (nSPS) is 12.1. The van der Waals surface area contributed by atoms with E-state index in [1.165, 1.54) is 12.1 Å². The highest BCUT2D eigenvalue weighted by atomic mass is 19.4. The summed E-state index contributed by atoms with van der Waals surface area (Å²) < 4.78 is 38.6. The third kappa shape index (κ3) is 5.70. The fourth-order valence-electron chi connectivity index (χ4n) is 2.94. The summed E-state index contributed by atoms with van der Waals surface area (Å²) in [6, 6.07) is 21.2. The summed E-state index contributed by atoms with van der Waals surface area (Å²) in [5.41, 5.74) is 0.339. The van der Waals surface area contributed by atoms with Crippen LogP contribution in [0.2, 0.25) is 0 Å². The van der Waals surface area contributed by atoms with Gasteiger partial charge in [0.05, 0.1) is 18.0 Å². The van der Waals surface area contributed by atoms with Gasteiger partial charge in [0.2, 0.25) is 5.91 Å². The number of rotatable bonds is 6. The first-order valence-corrected chi connectivity index (χ1v) is 9.21.